The van der Waals surface area contributed by atoms with Gasteiger partial charge in [-0.05, 0) is 121 Å². The van der Waals surface area contributed by atoms with E-state index in [1.54, 1.807) is 0 Å². The van der Waals surface area contributed by atoms with Crippen molar-refractivity contribution >= 4 is 106 Å². The molecule has 6 heteroatoms. The van der Waals surface area contributed by atoms with Crippen LogP contribution >= 0.6 is 7.14 Å². The number of rotatable bonds is 9. The molecule has 72 heavy (non-hydrogen) atoms. The van der Waals surface area contributed by atoms with E-state index in [1.807, 2.05) is 60.7 Å². The summed E-state index contributed by atoms with van der Waals surface area (Å²) in [5.74, 6) is 0. The zero-order valence-corrected chi connectivity index (χ0v) is 40.0. The number of hydrogen-bond acceptors (Lipinski definition) is 2. The number of aromatic nitrogens is 3. The van der Waals surface area contributed by atoms with Crippen molar-refractivity contribution in [2.75, 3.05) is 4.90 Å². The van der Waals surface area contributed by atoms with E-state index in [4.69, 9.17) is 0 Å². The standard InChI is InChI=1S/C66H45N4OP/c71-72(52-17-3-1-4-18-52,53-19-5-2-6-20-53)54-43-44-66-60(45-54)59-25-11-16-30-65(59)70(66)51-41-35-48(36-42-51)67(46-31-37-49(38-32-46)68-61-26-12-7-21-55(61)56-22-8-13-27-62(56)68)47-33-39-50(40-34-47)69-63-28-14-9-23-57(63)58-24-10-15-29-64(58)69/h1-45H. The van der Waals surface area contributed by atoms with Gasteiger partial charge in [0.25, 0.3) is 0 Å². The molecule has 14 aromatic rings. The van der Waals surface area contributed by atoms with Crippen LogP contribution in [0, 0.1) is 0 Å². The minimum Gasteiger partial charge on any atom is -0.310 e. The minimum absolute atomic E-state index is 0.814. The molecular formula is C66H45N4OP. The van der Waals surface area contributed by atoms with E-state index in [2.05, 4.69) is 231 Å². The maximum atomic E-state index is 15.6. The van der Waals surface area contributed by atoms with Crippen LogP contribution in [0.3, 0.4) is 0 Å². The summed E-state index contributed by atoms with van der Waals surface area (Å²) in [5.41, 5.74) is 13.2. The predicted octanol–water partition coefficient (Wildman–Crippen LogP) is 16.1. The molecular weight excluding hydrogens is 896 g/mol. The Labute approximate surface area is 416 Å². The van der Waals surface area contributed by atoms with Gasteiger partial charge in [-0.15, -0.1) is 0 Å². The van der Waals surface area contributed by atoms with Crippen molar-refractivity contribution in [2.45, 2.75) is 0 Å². The molecule has 0 bridgehead atoms. The highest BCUT2D eigenvalue weighted by atomic mass is 31.2. The van der Waals surface area contributed by atoms with Crippen LogP contribution in [0.2, 0.25) is 0 Å². The lowest BCUT2D eigenvalue weighted by molar-refractivity contribution is 0.592. The van der Waals surface area contributed by atoms with Crippen molar-refractivity contribution in [2.24, 2.45) is 0 Å². The lowest BCUT2D eigenvalue weighted by Gasteiger charge is -2.26. The molecule has 3 heterocycles. The summed E-state index contributed by atoms with van der Waals surface area (Å²) in [6.45, 7) is 0. The van der Waals surface area contributed by atoms with Crippen molar-refractivity contribution in [1.82, 2.24) is 13.7 Å². The predicted molar refractivity (Wildman–Crippen MR) is 304 cm³/mol. The van der Waals surface area contributed by atoms with Crippen molar-refractivity contribution in [1.29, 1.82) is 0 Å². The van der Waals surface area contributed by atoms with Crippen LogP contribution in [0.4, 0.5) is 17.1 Å². The third-order valence-electron chi connectivity index (χ3n) is 14.5. The zero-order chi connectivity index (χ0) is 47.8. The molecule has 0 radical (unpaired) electrons. The van der Waals surface area contributed by atoms with Crippen LogP contribution in [0.5, 0.6) is 0 Å². The second kappa shape index (κ2) is 16.8. The van der Waals surface area contributed by atoms with Gasteiger partial charge in [0.1, 0.15) is 0 Å². The summed E-state index contributed by atoms with van der Waals surface area (Å²) in [4.78, 5) is 2.35. The second-order valence-corrected chi connectivity index (χ2v) is 21.2. The van der Waals surface area contributed by atoms with Crippen molar-refractivity contribution in [3.63, 3.8) is 0 Å². The molecule has 0 spiro atoms. The van der Waals surface area contributed by atoms with Gasteiger partial charge in [-0.2, -0.15) is 0 Å². The van der Waals surface area contributed by atoms with E-state index < -0.39 is 7.14 Å². The molecule has 0 saturated heterocycles. The quantitative estimate of drug-likeness (QED) is 0.135. The molecule has 5 nitrogen and oxygen atoms in total. The van der Waals surface area contributed by atoms with Crippen molar-refractivity contribution in [3.8, 4) is 17.1 Å². The Morgan fingerprint density at radius 3 is 0.861 bits per heavy atom. The van der Waals surface area contributed by atoms with Crippen LogP contribution in [-0.4, -0.2) is 13.7 Å². The monoisotopic (exact) mass is 940 g/mol. The Morgan fingerprint density at radius 1 is 0.250 bits per heavy atom. The average molecular weight is 941 g/mol. The number of benzene rings is 11. The molecule has 0 N–H and O–H groups in total. The highest BCUT2D eigenvalue weighted by Gasteiger charge is 2.30. The fraction of sp³-hybridized carbons (Fsp3) is 0. The Kier molecular flexibility index (Phi) is 9.74. The SMILES string of the molecule is O=P(c1ccccc1)(c1ccccc1)c1ccc2c(c1)c1ccccc1n2-c1ccc(N(c2ccc(-n3c4ccccc4c4ccccc43)cc2)c2ccc(-n3c4ccccc4c4ccccc43)cc2)cc1. The lowest BCUT2D eigenvalue weighted by Crippen LogP contribution is -2.24. The molecule has 0 aliphatic carbocycles. The largest absolute Gasteiger partial charge is 0.310 e. The molecule has 3 aromatic heterocycles. The van der Waals surface area contributed by atoms with Gasteiger partial charge in [0.15, 0.2) is 7.14 Å². The molecule has 0 aliphatic heterocycles. The van der Waals surface area contributed by atoms with Gasteiger partial charge in [0, 0.05) is 82.4 Å². The van der Waals surface area contributed by atoms with Crippen molar-refractivity contribution < 1.29 is 4.57 Å². The molecule has 0 aliphatic rings. The van der Waals surface area contributed by atoms with Crippen LogP contribution < -0.4 is 20.8 Å². The number of fused-ring (bicyclic) bond motifs is 9. The molecule has 0 unspecified atom stereocenters. The van der Waals surface area contributed by atoms with E-state index in [9.17, 15) is 0 Å². The Hall–Kier alpha value is -9.15. The van der Waals surface area contributed by atoms with Crippen molar-refractivity contribution in [3.05, 3.63) is 273 Å². The van der Waals surface area contributed by atoms with Crippen LogP contribution in [0.1, 0.15) is 0 Å². The van der Waals surface area contributed by atoms with Gasteiger partial charge in [0.05, 0.1) is 33.1 Å². The van der Waals surface area contributed by atoms with Crippen LogP contribution in [0.25, 0.3) is 82.5 Å². The first-order valence-electron chi connectivity index (χ1n) is 24.4. The smallest absolute Gasteiger partial charge is 0.171 e. The normalized spacial score (nSPS) is 11.9. The van der Waals surface area contributed by atoms with Gasteiger partial charge >= 0.3 is 0 Å². The first kappa shape index (κ1) is 41.8. The molecule has 340 valence electrons. The highest BCUT2D eigenvalue weighted by molar-refractivity contribution is 7.85. The van der Waals surface area contributed by atoms with E-state index in [1.165, 1.54) is 43.6 Å². The topological polar surface area (TPSA) is 35.1 Å². The second-order valence-electron chi connectivity index (χ2n) is 18.5. The Bertz CT molecular complexity index is 4090. The molecule has 0 fully saturated rings. The summed E-state index contributed by atoms with van der Waals surface area (Å²) in [7, 11) is -3.19. The van der Waals surface area contributed by atoms with Crippen LogP contribution in [0.15, 0.2) is 273 Å². The summed E-state index contributed by atoms with van der Waals surface area (Å²) < 4.78 is 22.6. The number of anilines is 3. The Morgan fingerprint density at radius 2 is 0.528 bits per heavy atom. The number of hydrogen-bond donors (Lipinski definition) is 0. The first-order valence-corrected chi connectivity index (χ1v) is 26.2. The number of para-hydroxylation sites is 5. The van der Waals surface area contributed by atoms with Gasteiger partial charge in [0.2, 0.25) is 0 Å². The summed E-state index contributed by atoms with van der Waals surface area (Å²) >= 11 is 0. The molecule has 11 aromatic carbocycles. The van der Waals surface area contributed by atoms with Crippen LogP contribution in [-0.2, 0) is 4.57 Å². The van der Waals surface area contributed by atoms with E-state index >= 15 is 4.57 Å². The minimum atomic E-state index is -3.19. The lowest BCUT2D eigenvalue weighted by atomic mass is 10.1. The van der Waals surface area contributed by atoms with E-state index in [-0.39, 0.29) is 0 Å². The van der Waals surface area contributed by atoms with Gasteiger partial charge < -0.3 is 23.2 Å². The maximum absolute atomic E-state index is 15.6. The third kappa shape index (κ3) is 6.52. The highest BCUT2D eigenvalue weighted by Crippen LogP contribution is 2.45. The average Bonchev–Trinajstić information content (AvgIpc) is 4.10. The fourth-order valence-electron chi connectivity index (χ4n) is 11.3. The van der Waals surface area contributed by atoms with Gasteiger partial charge in [-0.25, -0.2) is 0 Å². The molecule has 0 atom stereocenters. The summed E-state index contributed by atoms with van der Waals surface area (Å²) in [6.07, 6.45) is 0. The molecule has 0 amide bonds. The first-order chi connectivity index (χ1) is 35.6. The molecule has 0 saturated carbocycles. The van der Waals surface area contributed by atoms with Gasteiger partial charge in [-0.3, -0.25) is 0 Å². The third-order valence-corrected chi connectivity index (χ3v) is 17.6. The fourth-order valence-corrected chi connectivity index (χ4v) is 13.9. The van der Waals surface area contributed by atoms with Gasteiger partial charge in [-0.1, -0.05) is 152 Å². The Balaban J connectivity index is 0.894. The number of nitrogens with zero attached hydrogens (tertiary/aromatic N) is 4. The van der Waals surface area contributed by atoms with E-state index in [0.717, 1.165) is 71.8 Å². The summed E-state index contributed by atoms with van der Waals surface area (Å²) in [6, 6.07) is 96.2. The van der Waals surface area contributed by atoms with E-state index in [0.29, 0.717) is 0 Å². The summed E-state index contributed by atoms with van der Waals surface area (Å²) in [5, 5.41) is 9.59. The molecule has 14 rings (SSSR count). The zero-order valence-electron chi connectivity index (χ0n) is 39.1. The maximum Gasteiger partial charge on any atom is 0.171 e.